The summed E-state index contributed by atoms with van der Waals surface area (Å²) in [6.07, 6.45) is -1.48. The average molecular weight is 276 g/mol. The van der Waals surface area contributed by atoms with E-state index in [0.717, 1.165) is 23.0 Å². The van der Waals surface area contributed by atoms with Crippen molar-refractivity contribution in [3.8, 4) is 0 Å². The lowest BCUT2D eigenvalue weighted by Gasteiger charge is -2.17. The third kappa shape index (κ3) is 4.42. The molecule has 0 aliphatic carbocycles. The number of ether oxygens (including phenoxy) is 1. The van der Waals surface area contributed by atoms with Crippen molar-refractivity contribution in [1.29, 1.82) is 0 Å². The monoisotopic (exact) mass is 276 g/mol. The van der Waals surface area contributed by atoms with Crippen LogP contribution in [0.5, 0.6) is 0 Å². The van der Waals surface area contributed by atoms with E-state index in [1.54, 1.807) is 20.8 Å². The van der Waals surface area contributed by atoms with E-state index in [1.807, 2.05) is 0 Å². The van der Waals surface area contributed by atoms with Crippen molar-refractivity contribution in [2.75, 3.05) is 0 Å². The molecule has 0 aromatic carbocycles. The minimum atomic E-state index is -4.53. The molecule has 1 aromatic rings. The van der Waals surface area contributed by atoms with Crippen LogP contribution in [-0.4, -0.2) is 21.4 Å². The zero-order valence-electron chi connectivity index (χ0n) is 11.1. The summed E-state index contributed by atoms with van der Waals surface area (Å²) in [6, 6.07) is 0. The maximum Gasteiger partial charge on any atom is 0.433 e. The summed E-state index contributed by atoms with van der Waals surface area (Å²) in [6.45, 7) is 5.01. The van der Waals surface area contributed by atoms with E-state index in [2.05, 4.69) is 5.10 Å². The number of carbonyl (C=O) groups is 1. The molecule has 0 spiro atoms. The Morgan fingerprint density at radius 3 is 2.42 bits per heavy atom. The summed E-state index contributed by atoms with van der Waals surface area (Å²) in [5, 5.41) is 3.53. The van der Waals surface area contributed by atoms with Crippen LogP contribution in [0.4, 0.5) is 13.2 Å². The average Bonchev–Trinajstić information content (AvgIpc) is 2.53. The maximum absolute atomic E-state index is 12.7. The van der Waals surface area contributed by atoms with Crippen molar-refractivity contribution in [2.24, 2.45) is 7.05 Å². The number of carbonyl (C=O) groups excluding carboxylic acids is 1. The Morgan fingerprint density at radius 2 is 1.95 bits per heavy atom. The largest absolute Gasteiger partial charge is 0.457 e. The topological polar surface area (TPSA) is 44.1 Å². The van der Waals surface area contributed by atoms with E-state index >= 15 is 0 Å². The molecule has 0 unspecified atom stereocenters. The Kier molecular flexibility index (Phi) is 4.07. The SMILES string of the molecule is Cn1ncc(/C=C/C(=O)OC(C)(C)C)c1C(F)(F)F. The maximum atomic E-state index is 12.7. The molecule has 0 aliphatic heterocycles. The third-order valence-corrected chi connectivity index (χ3v) is 2.04. The van der Waals surface area contributed by atoms with Gasteiger partial charge in [-0.05, 0) is 26.8 Å². The molecular weight excluding hydrogens is 261 g/mol. The fourth-order valence-corrected chi connectivity index (χ4v) is 1.42. The van der Waals surface area contributed by atoms with Crippen LogP contribution in [0.3, 0.4) is 0 Å². The second-order valence-corrected chi connectivity index (χ2v) is 4.94. The molecule has 0 fully saturated rings. The molecule has 106 valence electrons. The molecule has 19 heavy (non-hydrogen) atoms. The zero-order chi connectivity index (χ0) is 14.8. The summed E-state index contributed by atoms with van der Waals surface area (Å²) in [4.78, 5) is 11.4. The standard InChI is InChI=1S/C12H15F3N2O2/c1-11(2,3)19-9(18)6-5-8-7-16-17(4)10(8)12(13,14)15/h5-7H,1-4H3/b6-5+. The van der Waals surface area contributed by atoms with Crippen molar-refractivity contribution in [3.63, 3.8) is 0 Å². The smallest absolute Gasteiger partial charge is 0.433 e. The lowest BCUT2D eigenvalue weighted by Crippen LogP contribution is -2.22. The zero-order valence-corrected chi connectivity index (χ0v) is 11.1. The van der Waals surface area contributed by atoms with Gasteiger partial charge in [-0.2, -0.15) is 18.3 Å². The lowest BCUT2D eigenvalue weighted by atomic mass is 10.2. The van der Waals surface area contributed by atoms with E-state index in [1.165, 1.54) is 7.05 Å². The van der Waals surface area contributed by atoms with Crippen molar-refractivity contribution in [2.45, 2.75) is 32.5 Å². The van der Waals surface area contributed by atoms with Crippen molar-refractivity contribution in [1.82, 2.24) is 9.78 Å². The summed E-state index contributed by atoms with van der Waals surface area (Å²) in [5.74, 6) is -0.704. The fourth-order valence-electron chi connectivity index (χ4n) is 1.42. The molecule has 0 bridgehead atoms. The predicted molar refractivity (Wildman–Crippen MR) is 63.1 cm³/mol. The van der Waals surface area contributed by atoms with Gasteiger partial charge in [0.15, 0.2) is 0 Å². The molecule has 4 nitrogen and oxygen atoms in total. The van der Waals surface area contributed by atoms with Crippen LogP contribution in [0.25, 0.3) is 6.08 Å². The number of aryl methyl sites for hydroxylation is 1. The Hall–Kier alpha value is -1.79. The van der Waals surface area contributed by atoms with Gasteiger partial charge in [-0.3, -0.25) is 4.68 Å². The Morgan fingerprint density at radius 1 is 1.37 bits per heavy atom. The van der Waals surface area contributed by atoms with Crippen molar-refractivity contribution < 1.29 is 22.7 Å². The van der Waals surface area contributed by atoms with Crippen molar-refractivity contribution >= 4 is 12.0 Å². The van der Waals surface area contributed by atoms with Crippen molar-refractivity contribution in [3.05, 3.63) is 23.5 Å². The first kappa shape index (κ1) is 15.3. The van der Waals surface area contributed by atoms with Gasteiger partial charge >= 0.3 is 12.1 Å². The first-order valence-corrected chi connectivity index (χ1v) is 5.51. The highest BCUT2D eigenvalue weighted by molar-refractivity contribution is 5.87. The Labute approximate surface area is 108 Å². The second kappa shape index (κ2) is 5.07. The van der Waals surface area contributed by atoms with Gasteiger partial charge in [0.2, 0.25) is 0 Å². The van der Waals surface area contributed by atoms with E-state index in [9.17, 15) is 18.0 Å². The number of nitrogens with zero attached hydrogens (tertiary/aromatic N) is 2. The molecule has 0 aliphatic rings. The van der Waals surface area contributed by atoms with E-state index in [4.69, 9.17) is 4.74 Å². The number of alkyl halides is 3. The summed E-state index contributed by atoms with van der Waals surface area (Å²) < 4.78 is 43.9. The second-order valence-electron chi connectivity index (χ2n) is 4.94. The van der Waals surface area contributed by atoms with Crippen LogP contribution in [0.15, 0.2) is 12.3 Å². The molecule has 0 saturated heterocycles. The summed E-state index contributed by atoms with van der Waals surface area (Å²) in [5.41, 5.74) is -1.78. The molecule has 0 N–H and O–H groups in total. The molecular formula is C12H15F3N2O2. The van der Waals surface area contributed by atoms with Crippen LogP contribution in [0.1, 0.15) is 32.0 Å². The van der Waals surface area contributed by atoms with Gasteiger partial charge in [0.1, 0.15) is 11.3 Å². The van der Waals surface area contributed by atoms with Gasteiger partial charge in [-0.1, -0.05) is 0 Å². The van der Waals surface area contributed by atoms with E-state index in [-0.39, 0.29) is 5.56 Å². The van der Waals surface area contributed by atoms with Crippen LogP contribution >= 0.6 is 0 Å². The minimum absolute atomic E-state index is 0.180. The molecule has 7 heteroatoms. The van der Waals surface area contributed by atoms with Crippen LogP contribution < -0.4 is 0 Å². The van der Waals surface area contributed by atoms with Gasteiger partial charge in [0.25, 0.3) is 0 Å². The highest BCUT2D eigenvalue weighted by Gasteiger charge is 2.36. The molecule has 0 atom stereocenters. The van der Waals surface area contributed by atoms with Gasteiger partial charge in [-0.25, -0.2) is 4.79 Å². The molecule has 1 heterocycles. The van der Waals surface area contributed by atoms with Crippen LogP contribution in [0, 0.1) is 0 Å². The third-order valence-electron chi connectivity index (χ3n) is 2.04. The molecule has 0 amide bonds. The number of aromatic nitrogens is 2. The van der Waals surface area contributed by atoms with Crippen LogP contribution in [-0.2, 0) is 22.8 Å². The summed E-state index contributed by atoms with van der Waals surface area (Å²) in [7, 11) is 1.19. The molecule has 0 radical (unpaired) electrons. The first-order chi connectivity index (χ1) is 8.50. The quantitative estimate of drug-likeness (QED) is 0.616. The minimum Gasteiger partial charge on any atom is -0.457 e. The first-order valence-electron chi connectivity index (χ1n) is 5.51. The molecule has 1 aromatic heterocycles. The molecule has 1 rings (SSSR count). The normalized spacial score (nSPS) is 13.0. The predicted octanol–water partition coefficient (Wildman–Crippen LogP) is 2.79. The van der Waals surface area contributed by atoms with Gasteiger partial charge < -0.3 is 4.74 Å². The Bertz CT molecular complexity index is 496. The van der Waals surface area contributed by atoms with Gasteiger partial charge in [0, 0.05) is 18.7 Å². The number of rotatable bonds is 2. The number of esters is 1. The fraction of sp³-hybridized carbons (Fsp3) is 0.500. The van der Waals surface area contributed by atoms with Gasteiger partial charge in [-0.15, -0.1) is 0 Å². The lowest BCUT2D eigenvalue weighted by molar-refractivity contribution is -0.148. The Balaban J connectivity index is 2.93. The summed E-state index contributed by atoms with van der Waals surface area (Å²) >= 11 is 0. The number of hydrogen-bond donors (Lipinski definition) is 0. The number of halogens is 3. The van der Waals surface area contributed by atoms with E-state index in [0.29, 0.717) is 0 Å². The highest BCUT2D eigenvalue weighted by Crippen LogP contribution is 2.32. The highest BCUT2D eigenvalue weighted by atomic mass is 19.4. The van der Waals surface area contributed by atoms with E-state index < -0.39 is 23.4 Å². The van der Waals surface area contributed by atoms with Gasteiger partial charge in [0.05, 0.1) is 6.20 Å². The number of hydrogen-bond acceptors (Lipinski definition) is 3. The van der Waals surface area contributed by atoms with Crippen LogP contribution in [0.2, 0.25) is 0 Å². The molecule has 0 saturated carbocycles.